The van der Waals surface area contributed by atoms with Crippen LogP contribution in [0.25, 0.3) is 0 Å². The molecule has 0 unspecified atom stereocenters. The molecule has 0 spiro atoms. The molecule has 0 atom stereocenters. The van der Waals surface area contributed by atoms with Crippen molar-refractivity contribution in [2.24, 2.45) is 0 Å². The Kier molecular flexibility index (Phi) is 3.26. The van der Waals surface area contributed by atoms with Crippen molar-refractivity contribution >= 4 is 5.97 Å². The highest BCUT2D eigenvalue weighted by Crippen LogP contribution is 2.30. The van der Waals surface area contributed by atoms with Gasteiger partial charge in [0.05, 0.1) is 0 Å². The highest BCUT2D eigenvalue weighted by molar-refractivity contribution is 5.79. The Morgan fingerprint density at radius 2 is 1.73 bits per heavy atom. The molecule has 2 heterocycles. The molecule has 15 heavy (non-hydrogen) atoms. The van der Waals surface area contributed by atoms with Crippen LogP contribution in [0.1, 0.15) is 32.1 Å². The number of nitrogens with zero attached hydrogens (tertiary/aromatic N) is 1. The van der Waals surface area contributed by atoms with E-state index in [0.29, 0.717) is 26.1 Å². The molecule has 4 nitrogen and oxygen atoms in total. The van der Waals surface area contributed by atoms with Crippen LogP contribution in [0.4, 0.5) is 0 Å². The number of hydrogen-bond donors (Lipinski definition) is 1. The fourth-order valence-corrected chi connectivity index (χ4v) is 2.70. The first-order valence-corrected chi connectivity index (χ1v) is 5.82. The van der Waals surface area contributed by atoms with Gasteiger partial charge in [-0.15, -0.1) is 0 Å². The van der Waals surface area contributed by atoms with Crippen LogP contribution in [0.2, 0.25) is 0 Å². The van der Waals surface area contributed by atoms with Crippen LogP contribution in [-0.4, -0.2) is 47.8 Å². The van der Waals surface area contributed by atoms with E-state index in [9.17, 15) is 9.90 Å². The van der Waals surface area contributed by atoms with Gasteiger partial charge in [-0.2, -0.15) is 0 Å². The lowest BCUT2D eigenvalue weighted by Gasteiger charge is -2.44. The van der Waals surface area contributed by atoms with Gasteiger partial charge < -0.3 is 9.84 Å². The van der Waals surface area contributed by atoms with Gasteiger partial charge in [0.1, 0.15) is 5.54 Å². The van der Waals surface area contributed by atoms with Crippen molar-refractivity contribution in [2.45, 2.75) is 37.6 Å². The lowest BCUT2D eigenvalue weighted by molar-refractivity contribution is -0.159. The molecule has 0 bridgehead atoms. The fourth-order valence-electron chi connectivity index (χ4n) is 2.70. The molecule has 0 saturated carbocycles. The summed E-state index contributed by atoms with van der Waals surface area (Å²) in [6.07, 6.45) is 4.79. The number of piperidine rings is 1. The van der Waals surface area contributed by atoms with E-state index in [1.165, 1.54) is 6.42 Å². The highest BCUT2D eigenvalue weighted by atomic mass is 16.5. The molecule has 0 radical (unpaired) electrons. The van der Waals surface area contributed by atoms with Gasteiger partial charge >= 0.3 is 5.97 Å². The van der Waals surface area contributed by atoms with Crippen molar-refractivity contribution in [3.63, 3.8) is 0 Å². The maximum Gasteiger partial charge on any atom is 0.324 e. The van der Waals surface area contributed by atoms with Crippen LogP contribution >= 0.6 is 0 Å². The van der Waals surface area contributed by atoms with E-state index in [1.54, 1.807) is 0 Å². The van der Waals surface area contributed by atoms with Crippen molar-refractivity contribution in [1.29, 1.82) is 0 Å². The van der Waals surface area contributed by atoms with Gasteiger partial charge in [0.2, 0.25) is 0 Å². The standard InChI is InChI=1S/C11H19NO3/c13-10(14)11(4-8-15-9-5-11)12-6-2-1-3-7-12/h1-9H2,(H,13,14). The monoisotopic (exact) mass is 213 g/mol. The second-order valence-corrected chi connectivity index (χ2v) is 4.50. The van der Waals surface area contributed by atoms with Crippen molar-refractivity contribution in [2.75, 3.05) is 26.3 Å². The van der Waals surface area contributed by atoms with Crippen LogP contribution < -0.4 is 0 Å². The van der Waals surface area contributed by atoms with E-state index in [-0.39, 0.29) is 0 Å². The van der Waals surface area contributed by atoms with Gasteiger partial charge in [0.25, 0.3) is 0 Å². The topological polar surface area (TPSA) is 49.8 Å². The van der Waals surface area contributed by atoms with Crippen molar-refractivity contribution in [3.8, 4) is 0 Å². The summed E-state index contributed by atoms with van der Waals surface area (Å²) in [5.74, 6) is -0.660. The number of carboxylic acid groups (broad SMARTS) is 1. The summed E-state index contributed by atoms with van der Waals surface area (Å²) >= 11 is 0. The summed E-state index contributed by atoms with van der Waals surface area (Å²) in [6, 6.07) is 0. The lowest BCUT2D eigenvalue weighted by atomic mass is 9.86. The third-order valence-electron chi connectivity index (χ3n) is 3.68. The number of ether oxygens (including phenoxy) is 1. The average Bonchev–Trinajstić information content (AvgIpc) is 2.31. The van der Waals surface area contributed by atoms with E-state index >= 15 is 0 Å². The molecule has 0 aromatic heterocycles. The number of rotatable bonds is 2. The summed E-state index contributed by atoms with van der Waals surface area (Å²) in [5, 5.41) is 9.44. The Morgan fingerprint density at radius 3 is 2.27 bits per heavy atom. The first-order valence-electron chi connectivity index (χ1n) is 5.82. The summed E-state index contributed by atoms with van der Waals surface area (Å²) in [7, 11) is 0. The molecule has 0 aliphatic carbocycles. The quantitative estimate of drug-likeness (QED) is 0.746. The minimum absolute atomic E-state index is 0.586. The molecular weight excluding hydrogens is 194 g/mol. The zero-order valence-electron chi connectivity index (χ0n) is 9.07. The normalized spacial score (nSPS) is 27.5. The maximum absolute atomic E-state index is 11.5. The molecule has 86 valence electrons. The van der Waals surface area contributed by atoms with Crippen molar-refractivity contribution in [1.82, 2.24) is 4.90 Å². The Labute approximate surface area is 90.2 Å². The molecule has 4 heteroatoms. The molecule has 2 fully saturated rings. The molecule has 0 amide bonds. The number of likely N-dealkylation sites (tertiary alicyclic amines) is 1. The van der Waals surface area contributed by atoms with Gasteiger partial charge in [0.15, 0.2) is 0 Å². The predicted octanol–water partition coefficient (Wildman–Crippen LogP) is 1.11. The van der Waals surface area contributed by atoms with E-state index in [4.69, 9.17) is 4.74 Å². The van der Waals surface area contributed by atoms with E-state index < -0.39 is 11.5 Å². The fraction of sp³-hybridized carbons (Fsp3) is 0.909. The van der Waals surface area contributed by atoms with Crippen LogP contribution in [0.5, 0.6) is 0 Å². The summed E-state index contributed by atoms with van der Waals surface area (Å²) < 4.78 is 5.28. The Bertz CT molecular complexity index is 230. The smallest absolute Gasteiger partial charge is 0.324 e. The van der Waals surface area contributed by atoms with Crippen LogP contribution in [0.3, 0.4) is 0 Å². The summed E-state index contributed by atoms with van der Waals surface area (Å²) in [4.78, 5) is 13.6. The Hall–Kier alpha value is -0.610. The largest absolute Gasteiger partial charge is 0.480 e. The van der Waals surface area contributed by atoms with Crippen molar-refractivity contribution in [3.05, 3.63) is 0 Å². The van der Waals surface area contributed by atoms with Gasteiger partial charge in [0, 0.05) is 13.2 Å². The third kappa shape index (κ3) is 2.01. The molecule has 0 aromatic rings. The molecule has 2 saturated heterocycles. The first-order chi connectivity index (χ1) is 7.26. The zero-order chi connectivity index (χ0) is 10.7. The van der Waals surface area contributed by atoms with Gasteiger partial charge in [-0.3, -0.25) is 9.69 Å². The van der Waals surface area contributed by atoms with Crippen LogP contribution in [0.15, 0.2) is 0 Å². The minimum atomic E-state index is -0.660. The van der Waals surface area contributed by atoms with E-state index in [0.717, 1.165) is 25.9 Å². The lowest BCUT2D eigenvalue weighted by Crippen LogP contribution is -2.58. The van der Waals surface area contributed by atoms with Gasteiger partial charge in [-0.05, 0) is 38.8 Å². The molecule has 0 aromatic carbocycles. The van der Waals surface area contributed by atoms with Crippen LogP contribution in [0, 0.1) is 0 Å². The number of carboxylic acids is 1. The van der Waals surface area contributed by atoms with Crippen LogP contribution in [-0.2, 0) is 9.53 Å². The second kappa shape index (κ2) is 4.49. The predicted molar refractivity (Wildman–Crippen MR) is 55.8 cm³/mol. The number of hydrogen-bond acceptors (Lipinski definition) is 3. The van der Waals surface area contributed by atoms with Gasteiger partial charge in [-0.1, -0.05) is 6.42 Å². The number of carbonyl (C=O) groups is 1. The number of aliphatic carboxylic acids is 1. The summed E-state index contributed by atoms with van der Waals surface area (Å²) in [5.41, 5.74) is -0.626. The first kappa shape index (κ1) is 10.9. The second-order valence-electron chi connectivity index (χ2n) is 4.50. The molecular formula is C11H19NO3. The van der Waals surface area contributed by atoms with E-state index in [2.05, 4.69) is 4.90 Å². The van der Waals surface area contributed by atoms with Crippen molar-refractivity contribution < 1.29 is 14.6 Å². The highest BCUT2D eigenvalue weighted by Gasteiger charge is 2.45. The third-order valence-corrected chi connectivity index (χ3v) is 3.68. The summed E-state index contributed by atoms with van der Waals surface area (Å²) in [6.45, 7) is 3.05. The minimum Gasteiger partial charge on any atom is -0.480 e. The molecule has 2 aliphatic heterocycles. The molecule has 2 rings (SSSR count). The maximum atomic E-state index is 11.5. The van der Waals surface area contributed by atoms with Gasteiger partial charge in [-0.25, -0.2) is 0 Å². The SMILES string of the molecule is O=C(O)C1(N2CCCCC2)CCOCC1. The van der Waals surface area contributed by atoms with E-state index in [1.807, 2.05) is 0 Å². The Balaban J connectivity index is 2.12. The Morgan fingerprint density at radius 1 is 1.13 bits per heavy atom. The molecule has 1 N–H and O–H groups in total. The average molecular weight is 213 g/mol. The zero-order valence-corrected chi connectivity index (χ0v) is 9.07. The molecule has 2 aliphatic rings.